The normalized spacial score (nSPS) is 23.1. The third kappa shape index (κ3) is 7.34. The van der Waals surface area contributed by atoms with Gasteiger partial charge in [-0.25, -0.2) is 0 Å². The summed E-state index contributed by atoms with van der Waals surface area (Å²) in [5.41, 5.74) is 6.08. The minimum absolute atomic E-state index is 0.102. The van der Waals surface area contributed by atoms with Gasteiger partial charge < -0.3 is 15.3 Å². The van der Waals surface area contributed by atoms with Crippen LogP contribution in [0.1, 0.15) is 68.6 Å². The van der Waals surface area contributed by atoms with E-state index in [-0.39, 0.29) is 30.2 Å². The number of phenols is 1. The Morgan fingerprint density at radius 3 is 2.23 bits per heavy atom. The van der Waals surface area contributed by atoms with Gasteiger partial charge in [-0.05, 0) is 78.5 Å². The summed E-state index contributed by atoms with van der Waals surface area (Å²) in [5.74, 6) is -1.78. The number of carbonyl (C=O) groups is 2. The fourth-order valence-corrected chi connectivity index (χ4v) is 8.23. The lowest BCUT2D eigenvalue weighted by Crippen LogP contribution is -2.47. The molecular weight excluding hydrogens is 600 g/mol. The first-order valence-electron chi connectivity index (χ1n) is 17.6. The number of fused-ring (bicyclic) bond motifs is 1. The Morgan fingerprint density at radius 2 is 1.58 bits per heavy atom. The Labute approximate surface area is 284 Å². The molecule has 0 spiro atoms. The number of amides is 2. The van der Waals surface area contributed by atoms with E-state index in [1.807, 2.05) is 60.7 Å². The number of hydrogen-bond acceptors (Lipinski definition) is 6. The third-order valence-electron chi connectivity index (χ3n) is 10.6. The molecule has 0 saturated carbocycles. The molecule has 3 aromatic carbocycles. The highest BCUT2D eigenvalue weighted by molar-refractivity contribution is 6.06. The number of benzene rings is 3. The van der Waals surface area contributed by atoms with Crippen molar-refractivity contribution in [3.05, 3.63) is 113 Å². The molecule has 3 N–H and O–H groups in total. The number of aromatic hydroxyl groups is 1. The summed E-state index contributed by atoms with van der Waals surface area (Å²) >= 11 is 0. The van der Waals surface area contributed by atoms with Gasteiger partial charge in [0.2, 0.25) is 11.8 Å². The van der Waals surface area contributed by atoms with Crippen LogP contribution in [0, 0.1) is 17.8 Å². The number of aliphatic hydroxyl groups excluding tert-OH is 2. The molecule has 0 aromatic heterocycles. The van der Waals surface area contributed by atoms with E-state index in [4.69, 9.17) is 0 Å². The summed E-state index contributed by atoms with van der Waals surface area (Å²) in [6.45, 7) is 4.30. The van der Waals surface area contributed by atoms with Gasteiger partial charge in [0.25, 0.3) is 0 Å². The fraction of sp³-hybridized carbons (Fsp3) is 0.415. The van der Waals surface area contributed by atoms with Crippen LogP contribution >= 0.6 is 0 Å². The summed E-state index contributed by atoms with van der Waals surface area (Å²) in [7, 11) is 0. The smallest absolute Gasteiger partial charge is 0.234 e. The quantitative estimate of drug-likeness (QED) is 0.119. The molecule has 3 aliphatic rings. The molecule has 2 heterocycles. The Balaban J connectivity index is 1.19. The van der Waals surface area contributed by atoms with Gasteiger partial charge >= 0.3 is 0 Å². The zero-order chi connectivity index (χ0) is 33.6. The van der Waals surface area contributed by atoms with Gasteiger partial charge in [0.15, 0.2) is 0 Å². The van der Waals surface area contributed by atoms with Gasteiger partial charge in [-0.2, -0.15) is 0 Å². The second-order valence-electron chi connectivity index (χ2n) is 13.7. The number of imide groups is 1. The average molecular weight is 649 g/mol. The highest BCUT2D eigenvalue weighted by Crippen LogP contribution is 2.48. The van der Waals surface area contributed by atoms with Crippen LogP contribution in [-0.4, -0.2) is 68.8 Å². The molecule has 7 nitrogen and oxygen atoms in total. The summed E-state index contributed by atoms with van der Waals surface area (Å²) in [6, 6.07) is 27.3. The molecule has 2 aliphatic heterocycles. The third-order valence-corrected chi connectivity index (χ3v) is 10.6. The van der Waals surface area contributed by atoms with Crippen molar-refractivity contribution in [2.45, 2.75) is 70.6 Å². The Morgan fingerprint density at radius 1 is 0.917 bits per heavy atom. The number of piperidine rings is 1. The molecule has 48 heavy (non-hydrogen) atoms. The average Bonchev–Trinajstić information content (AvgIpc) is 3.36. The van der Waals surface area contributed by atoms with E-state index in [1.54, 1.807) is 17.0 Å². The molecule has 2 amide bonds. The number of nitrogens with zero attached hydrogens (tertiary/aromatic N) is 2. The first-order chi connectivity index (χ1) is 23.4. The molecule has 1 aliphatic carbocycles. The molecule has 2 saturated heterocycles. The molecule has 0 radical (unpaired) electrons. The Hall–Kier alpha value is -4.04. The van der Waals surface area contributed by atoms with Crippen molar-refractivity contribution < 1.29 is 24.9 Å². The number of rotatable bonds is 12. The van der Waals surface area contributed by atoms with E-state index in [0.717, 1.165) is 73.2 Å². The van der Waals surface area contributed by atoms with Crippen LogP contribution in [0.15, 0.2) is 96.1 Å². The van der Waals surface area contributed by atoms with Gasteiger partial charge in [-0.15, -0.1) is 0 Å². The number of allylic oxidation sites excluding steroid dienone is 2. The van der Waals surface area contributed by atoms with Gasteiger partial charge in [0.05, 0.1) is 24.5 Å². The van der Waals surface area contributed by atoms with Crippen LogP contribution in [0.25, 0.3) is 11.6 Å². The Bertz CT molecular complexity index is 1610. The molecule has 6 rings (SSSR count). The highest BCUT2D eigenvalue weighted by atomic mass is 16.3. The Kier molecular flexibility index (Phi) is 10.9. The van der Waals surface area contributed by atoms with E-state index in [9.17, 15) is 24.9 Å². The van der Waals surface area contributed by atoms with Crippen molar-refractivity contribution in [1.29, 1.82) is 0 Å². The second-order valence-corrected chi connectivity index (χ2v) is 13.7. The van der Waals surface area contributed by atoms with Crippen molar-refractivity contribution in [1.82, 2.24) is 9.80 Å². The van der Waals surface area contributed by atoms with E-state index >= 15 is 0 Å². The SMILES string of the molecule is CCCC1=C([C@H](O)CC/C(=C/c2ccc(O)cc2)c2ccccc2)[C@H](CO)[C@@H]2C(=O)N(C3CCN(Cc4ccccc4)CC3)C(=O)[C@@H]2C1. The molecule has 0 unspecified atom stereocenters. The summed E-state index contributed by atoms with van der Waals surface area (Å²) < 4.78 is 0. The van der Waals surface area contributed by atoms with Gasteiger partial charge in [-0.3, -0.25) is 19.4 Å². The van der Waals surface area contributed by atoms with E-state index in [2.05, 4.69) is 30.0 Å². The topological polar surface area (TPSA) is 101 Å². The van der Waals surface area contributed by atoms with Crippen molar-refractivity contribution in [3.8, 4) is 5.75 Å². The van der Waals surface area contributed by atoms with Crippen molar-refractivity contribution in [2.24, 2.45) is 17.8 Å². The number of hydrogen-bond donors (Lipinski definition) is 3. The minimum Gasteiger partial charge on any atom is -0.508 e. The van der Waals surface area contributed by atoms with E-state index < -0.39 is 23.9 Å². The van der Waals surface area contributed by atoms with Crippen LogP contribution in [0.5, 0.6) is 5.75 Å². The summed E-state index contributed by atoms with van der Waals surface area (Å²) in [4.78, 5) is 32.1. The van der Waals surface area contributed by atoms with Crippen LogP contribution < -0.4 is 0 Å². The first kappa shape index (κ1) is 33.8. The number of carbonyl (C=O) groups excluding carboxylic acids is 2. The molecule has 4 atom stereocenters. The van der Waals surface area contributed by atoms with Crippen molar-refractivity contribution in [3.63, 3.8) is 0 Å². The van der Waals surface area contributed by atoms with Crippen molar-refractivity contribution in [2.75, 3.05) is 19.7 Å². The lowest BCUT2D eigenvalue weighted by atomic mass is 9.67. The van der Waals surface area contributed by atoms with Crippen LogP contribution in [0.4, 0.5) is 0 Å². The van der Waals surface area contributed by atoms with E-state index in [0.29, 0.717) is 19.3 Å². The molecule has 3 aromatic rings. The highest BCUT2D eigenvalue weighted by Gasteiger charge is 2.56. The predicted octanol–water partition coefficient (Wildman–Crippen LogP) is 6.45. The number of phenolic OH excluding ortho intramolecular Hbond substituents is 1. The summed E-state index contributed by atoms with van der Waals surface area (Å²) in [5, 5.41) is 32.5. The largest absolute Gasteiger partial charge is 0.508 e. The van der Waals surface area contributed by atoms with Gasteiger partial charge in [-0.1, -0.05) is 97.8 Å². The fourth-order valence-electron chi connectivity index (χ4n) is 8.23. The number of aliphatic hydroxyl groups is 2. The lowest BCUT2D eigenvalue weighted by Gasteiger charge is -2.37. The molecule has 2 fully saturated rings. The monoisotopic (exact) mass is 648 g/mol. The van der Waals surface area contributed by atoms with Crippen molar-refractivity contribution >= 4 is 23.5 Å². The lowest BCUT2D eigenvalue weighted by molar-refractivity contribution is -0.144. The second kappa shape index (κ2) is 15.5. The standard InChI is InChI=1S/C41H48N2O5/c1-2-9-32-25-35-39(41(48)43(40(35)47)33-20-22-42(23-21-33)26-29-10-5-3-6-11-29)36(27-44)38(32)37(46)19-16-31(30-12-7-4-8-13-30)24-28-14-17-34(45)18-15-28/h3-8,10-15,17-18,24,33,35-37,39,44-46H,2,9,16,19-23,25-27H2,1H3/b31-24-/t35-,36+,37-,39-/m1/s1. The van der Waals surface area contributed by atoms with Crippen LogP contribution in [0.3, 0.4) is 0 Å². The maximum atomic E-state index is 14.2. The molecular formula is C41H48N2O5. The summed E-state index contributed by atoms with van der Waals surface area (Å²) in [6.07, 6.45) is 5.73. The van der Waals surface area contributed by atoms with Gasteiger partial charge in [0, 0.05) is 31.6 Å². The predicted molar refractivity (Wildman–Crippen MR) is 188 cm³/mol. The zero-order valence-electron chi connectivity index (χ0n) is 27.9. The maximum absolute atomic E-state index is 14.2. The first-order valence-corrected chi connectivity index (χ1v) is 17.6. The molecule has 252 valence electrons. The number of likely N-dealkylation sites (tertiary alicyclic amines) is 2. The zero-order valence-corrected chi connectivity index (χ0v) is 27.9. The van der Waals surface area contributed by atoms with Gasteiger partial charge in [0.1, 0.15) is 5.75 Å². The van der Waals surface area contributed by atoms with E-state index in [1.165, 1.54) is 5.56 Å². The minimum atomic E-state index is -0.852. The van der Waals surface area contributed by atoms with Crippen LogP contribution in [-0.2, 0) is 16.1 Å². The van der Waals surface area contributed by atoms with Crippen LogP contribution in [0.2, 0.25) is 0 Å². The molecule has 0 bridgehead atoms. The maximum Gasteiger partial charge on any atom is 0.234 e. The molecule has 7 heteroatoms.